The Labute approximate surface area is 109 Å². The van der Waals surface area contributed by atoms with E-state index in [4.69, 9.17) is 23.2 Å². The number of halogens is 2. The molecule has 0 fully saturated rings. The summed E-state index contributed by atoms with van der Waals surface area (Å²) >= 11 is 11.5. The van der Waals surface area contributed by atoms with Crippen LogP contribution in [0.25, 0.3) is 0 Å². The van der Waals surface area contributed by atoms with E-state index in [1.807, 2.05) is 0 Å². The minimum atomic E-state index is -2.05. The maximum Gasteiger partial charge on any atom is 0.217 e. The Morgan fingerprint density at radius 2 is 0.941 bits per heavy atom. The van der Waals surface area contributed by atoms with Crippen molar-refractivity contribution in [2.45, 2.75) is 5.79 Å². The first-order valence-corrected chi connectivity index (χ1v) is 5.72. The van der Waals surface area contributed by atoms with E-state index in [2.05, 4.69) is 0 Å². The standard InChI is InChI=1S/C13H10Cl2O2/c14-11-5-1-9(2-6-11)13(16,17)10-3-7-12(15)8-4-10/h1-8,16-17H. The maximum atomic E-state index is 10.1. The zero-order chi connectivity index (χ0) is 12.5. The monoisotopic (exact) mass is 268 g/mol. The van der Waals surface area contributed by atoms with E-state index in [1.54, 1.807) is 48.5 Å². The smallest absolute Gasteiger partial charge is 0.217 e. The van der Waals surface area contributed by atoms with Crippen LogP contribution in [-0.4, -0.2) is 10.2 Å². The lowest BCUT2D eigenvalue weighted by Crippen LogP contribution is -2.26. The summed E-state index contributed by atoms with van der Waals surface area (Å²) in [6, 6.07) is 12.7. The average Bonchev–Trinajstić information content (AvgIpc) is 2.30. The lowest BCUT2D eigenvalue weighted by atomic mass is 9.98. The molecule has 0 bridgehead atoms. The molecule has 0 radical (unpaired) electrons. The third kappa shape index (κ3) is 2.61. The predicted molar refractivity (Wildman–Crippen MR) is 68.1 cm³/mol. The van der Waals surface area contributed by atoms with Crippen molar-refractivity contribution < 1.29 is 10.2 Å². The molecule has 2 nitrogen and oxygen atoms in total. The van der Waals surface area contributed by atoms with Gasteiger partial charge in [-0.1, -0.05) is 47.5 Å². The number of rotatable bonds is 2. The van der Waals surface area contributed by atoms with Crippen molar-refractivity contribution in [3.05, 3.63) is 69.7 Å². The van der Waals surface area contributed by atoms with Crippen LogP contribution < -0.4 is 0 Å². The second-order valence-corrected chi connectivity index (χ2v) is 4.56. The van der Waals surface area contributed by atoms with E-state index >= 15 is 0 Å². The van der Waals surface area contributed by atoms with Gasteiger partial charge in [-0.3, -0.25) is 0 Å². The third-order valence-corrected chi connectivity index (χ3v) is 3.00. The first-order valence-electron chi connectivity index (χ1n) is 4.97. The largest absolute Gasteiger partial charge is 0.358 e. The number of benzene rings is 2. The van der Waals surface area contributed by atoms with Crippen LogP contribution >= 0.6 is 23.2 Å². The first-order chi connectivity index (χ1) is 8.00. The van der Waals surface area contributed by atoms with Gasteiger partial charge in [0.25, 0.3) is 0 Å². The number of hydrogen-bond donors (Lipinski definition) is 2. The van der Waals surface area contributed by atoms with Crippen LogP contribution in [0.3, 0.4) is 0 Å². The molecule has 0 aliphatic heterocycles. The average molecular weight is 269 g/mol. The molecule has 0 atom stereocenters. The van der Waals surface area contributed by atoms with Crippen LogP contribution in [0.2, 0.25) is 10.0 Å². The van der Waals surface area contributed by atoms with Gasteiger partial charge in [-0.15, -0.1) is 0 Å². The molecule has 0 unspecified atom stereocenters. The summed E-state index contributed by atoms with van der Waals surface area (Å²) in [4.78, 5) is 0. The Balaban J connectivity index is 2.41. The molecule has 0 aliphatic carbocycles. The molecule has 2 aromatic rings. The van der Waals surface area contributed by atoms with Crippen LogP contribution in [0.1, 0.15) is 11.1 Å². The third-order valence-electron chi connectivity index (χ3n) is 2.49. The quantitative estimate of drug-likeness (QED) is 0.822. The zero-order valence-corrected chi connectivity index (χ0v) is 10.3. The molecule has 17 heavy (non-hydrogen) atoms. The van der Waals surface area contributed by atoms with Crippen LogP contribution in [0.4, 0.5) is 0 Å². The zero-order valence-electron chi connectivity index (χ0n) is 8.77. The van der Waals surface area contributed by atoms with Gasteiger partial charge in [-0.25, -0.2) is 0 Å². The second kappa shape index (κ2) is 4.67. The van der Waals surface area contributed by atoms with E-state index < -0.39 is 5.79 Å². The van der Waals surface area contributed by atoms with Crippen LogP contribution in [0.5, 0.6) is 0 Å². The molecule has 0 saturated carbocycles. The highest BCUT2D eigenvalue weighted by molar-refractivity contribution is 6.30. The van der Waals surface area contributed by atoms with E-state index in [-0.39, 0.29) is 0 Å². The Kier molecular flexibility index (Phi) is 3.40. The van der Waals surface area contributed by atoms with Crippen molar-refractivity contribution in [3.8, 4) is 0 Å². The molecule has 0 heterocycles. The lowest BCUT2D eigenvalue weighted by molar-refractivity contribution is -0.132. The van der Waals surface area contributed by atoms with Crippen molar-refractivity contribution in [1.82, 2.24) is 0 Å². The molecule has 2 rings (SSSR count). The summed E-state index contributed by atoms with van der Waals surface area (Å²) in [6.07, 6.45) is 0. The van der Waals surface area contributed by atoms with Crippen molar-refractivity contribution >= 4 is 23.2 Å². The molecular weight excluding hydrogens is 259 g/mol. The molecule has 0 saturated heterocycles. The summed E-state index contributed by atoms with van der Waals surface area (Å²) in [5, 5.41) is 21.3. The Morgan fingerprint density at radius 3 is 1.24 bits per heavy atom. The van der Waals surface area contributed by atoms with Gasteiger partial charge < -0.3 is 10.2 Å². The van der Waals surface area contributed by atoms with Gasteiger partial charge in [-0.2, -0.15) is 0 Å². The minimum absolute atomic E-state index is 0.351. The highest BCUT2D eigenvalue weighted by atomic mass is 35.5. The summed E-state index contributed by atoms with van der Waals surface area (Å²) in [5.41, 5.74) is 0.702. The minimum Gasteiger partial charge on any atom is -0.358 e. The van der Waals surface area contributed by atoms with Crippen molar-refractivity contribution in [2.75, 3.05) is 0 Å². The topological polar surface area (TPSA) is 40.5 Å². The lowest BCUT2D eigenvalue weighted by Gasteiger charge is -2.22. The Hall–Kier alpha value is -1.06. The highest BCUT2D eigenvalue weighted by Crippen LogP contribution is 2.28. The highest BCUT2D eigenvalue weighted by Gasteiger charge is 2.28. The fraction of sp³-hybridized carbons (Fsp3) is 0.0769. The Morgan fingerprint density at radius 1 is 0.647 bits per heavy atom. The Bertz CT molecular complexity index is 456. The van der Waals surface area contributed by atoms with Gasteiger partial charge in [0, 0.05) is 21.2 Å². The molecule has 88 valence electrons. The van der Waals surface area contributed by atoms with Gasteiger partial charge in [0.15, 0.2) is 0 Å². The molecule has 2 N–H and O–H groups in total. The molecular formula is C13H10Cl2O2. The van der Waals surface area contributed by atoms with E-state index in [1.165, 1.54) is 0 Å². The van der Waals surface area contributed by atoms with E-state index in [9.17, 15) is 10.2 Å². The van der Waals surface area contributed by atoms with Crippen LogP contribution in [-0.2, 0) is 5.79 Å². The summed E-state index contributed by atoms with van der Waals surface area (Å²) in [7, 11) is 0. The summed E-state index contributed by atoms with van der Waals surface area (Å²) in [5.74, 6) is -2.05. The SMILES string of the molecule is OC(O)(c1ccc(Cl)cc1)c1ccc(Cl)cc1. The molecule has 0 aromatic heterocycles. The fourth-order valence-corrected chi connectivity index (χ4v) is 1.78. The van der Waals surface area contributed by atoms with E-state index in [0.717, 1.165) is 0 Å². The van der Waals surface area contributed by atoms with Crippen LogP contribution in [0.15, 0.2) is 48.5 Å². The molecule has 0 amide bonds. The van der Waals surface area contributed by atoms with Crippen molar-refractivity contribution in [3.63, 3.8) is 0 Å². The fourth-order valence-electron chi connectivity index (χ4n) is 1.53. The van der Waals surface area contributed by atoms with E-state index in [0.29, 0.717) is 21.2 Å². The van der Waals surface area contributed by atoms with Gasteiger partial charge in [0.1, 0.15) is 0 Å². The van der Waals surface area contributed by atoms with Gasteiger partial charge in [0.2, 0.25) is 5.79 Å². The van der Waals surface area contributed by atoms with Crippen molar-refractivity contribution in [1.29, 1.82) is 0 Å². The van der Waals surface area contributed by atoms with Crippen LogP contribution in [0, 0.1) is 0 Å². The van der Waals surface area contributed by atoms with Gasteiger partial charge >= 0.3 is 0 Å². The molecule has 2 aromatic carbocycles. The maximum absolute atomic E-state index is 10.1. The van der Waals surface area contributed by atoms with Crippen molar-refractivity contribution in [2.24, 2.45) is 0 Å². The van der Waals surface area contributed by atoms with Gasteiger partial charge in [-0.05, 0) is 24.3 Å². The van der Waals surface area contributed by atoms with Gasteiger partial charge in [0.05, 0.1) is 0 Å². The summed E-state index contributed by atoms with van der Waals surface area (Å²) < 4.78 is 0. The summed E-state index contributed by atoms with van der Waals surface area (Å²) in [6.45, 7) is 0. The predicted octanol–water partition coefficient (Wildman–Crippen LogP) is 3.18. The first kappa shape index (κ1) is 12.4. The normalized spacial score (nSPS) is 11.5. The molecule has 0 spiro atoms. The number of hydrogen-bond acceptors (Lipinski definition) is 2. The molecule has 4 heteroatoms. The number of aliphatic hydroxyl groups is 2. The molecule has 0 aliphatic rings. The second-order valence-electron chi connectivity index (χ2n) is 3.69.